The summed E-state index contributed by atoms with van der Waals surface area (Å²) >= 11 is 0. The highest BCUT2D eigenvalue weighted by Crippen LogP contribution is 2.53. The third-order valence-electron chi connectivity index (χ3n) is 6.81. The second-order valence-electron chi connectivity index (χ2n) is 11.0. The van der Waals surface area contributed by atoms with Crippen molar-refractivity contribution in [2.75, 3.05) is 13.1 Å². The lowest BCUT2D eigenvalue weighted by Crippen LogP contribution is -2.47. The molecule has 0 radical (unpaired) electrons. The Bertz CT molecular complexity index is 819. The molecule has 34 heavy (non-hydrogen) atoms. The van der Waals surface area contributed by atoms with E-state index in [1.54, 1.807) is 12.2 Å². The first-order valence-electron chi connectivity index (χ1n) is 12.5. The van der Waals surface area contributed by atoms with Crippen LogP contribution in [0.25, 0.3) is 0 Å². The van der Waals surface area contributed by atoms with E-state index in [2.05, 4.69) is 40.7 Å². The maximum atomic E-state index is 11.3. The second kappa shape index (κ2) is 15.4. The largest absolute Gasteiger partial charge is 0.235 e. The molecule has 8 heteroatoms. The van der Waals surface area contributed by atoms with Gasteiger partial charge in [0, 0.05) is 0 Å². The third-order valence-corrected chi connectivity index (χ3v) is 6.81. The molecule has 0 amide bonds. The maximum Gasteiger partial charge on any atom is 0.235 e. The average molecular weight is 473 g/mol. The molecule has 3 unspecified atom stereocenters. The number of aliphatic imine (C=N–C) groups is 4. The van der Waals surface area contributed by atoms with Crippen LogP contribution in [0, 0.1) is 10.8 Å². The highest BCUT2D eigenvalue weighted by molar-refractivity contribution is 5.36. The fourth-order valence-electron chi connectivity index (χ4n) is 6.08. The zero-order valence-corrected chi connectivity index (χ0v) is 21.1. The third kappa shape index (κ3) is 11.6. The fraction of sp³-hybridized carbons (Fsp3) is 0.846. The molecular formula is C26H40N4O4. The smallest absolute Gasteiger partial charge is 0.211 e. The second-order valence-corrected chi connectivity index (χ2v) is 11.0. The topological polar surface area (TPSA) is 118 Å². The molecule has 1 rings (SSSR count). The van der Waals surface area contributed by atoms with Crippen LogP contribution in [0.1, 0.15) is 104 Å². The van der Waals surface area contributed by atoms with E-state index in [0.717, 1.165) is 83.5 Å². The number of hydrogen-bond acceptors (Lipinski definition) is 8. The van der Waals surface area contributed by atoms with Crippen molar-refractivity contribution in [3.8, 4) is 0 Å². The van der Waals surface area contributed by atoms with Crippen LogP contribution < -0.4 is 0 Å². The first-order chi connectivity index (χ1) is 16.2. The van der Waals surface area contributed by atoms with E-state index < -0.39 is 5.54 Å². The van der Waals surface area contributed by atoms with Crippen LogP contribution in [0.2, 0.25) is 0 Å². The van der Waals surface area contributed by atoms with Crippen molar-refractivity contribution in [3.63, 3.8) is 0 Å². The van der Waals surface area contributed by atoms with Crippen molar-refractivity contribution in [2.45, 2.75) is 116 Å². The van der Waals surface area contributed by atoms with Crippen molar-refractivity contribution >= 4 is 24.3 Å². The molecule has 3 atom stereocenters. The van der Waals surface area contributed by atoms with Crippen molar-refractivity contribution in [1.82, 2.24) is 0 Å². The lowest BCUT2D eigenvalue weighted by Gasteiger charge is -2.50. The van der Waals surface area contributed by atoms with Crippen LogP contribution >= 0.6 is 0 Å². The average Bonchev–Trinajstić information content (AvgIpc) is 2.76. The summed E-state index contributed by atoms with van der Waals surface area (Å²) in [5, 5.41) is 0. The van der Waals surface area contributed by atoms with Crippen LogP contribution in [0.4, 0.5) is 0 Å². The zero-order chi connectivity index (χ0) is 25.3. The van der Waals surface area contributed by atoms with Gasteiger partial charge in [-0.05, 0) is 42.9 Å². The minimum absolute atomic E-state index is 0.0153. The Balaban J connectivity index is 2.38. The summed E-state index contributed by atoms with van der Waals surface area (Å²) in [7, 11) is 0. The Morgan fingerprint density at radius 2 is 1.32 bits per heavy atom. The molecule has 0 aromatic carbocycles. The lowest BCUT2D eigenvalue weighted by molar-refractivity contribution is 0.0382. The van der Waals surface area contributed by atoms with E-state index in [0.29, 0.717) is 6.54 Å². The van der Waals surface area contributed by atoms with Gasteiger partial charge in [-0.25, -0.2) is 34.2 Å². The van der Waals surface area contributed by atoms with Crippen molar-refractivity contribution < 1.29 is 19.2 Å². The van der Waals surface area contributed by atoms with Gasteiger partial charge >= 0.3 is 0 Å². The Morgan fingerprint density at radius 1 is 0.706 bits per heavy atom. The summed E-state index contributed by atoms with van der Waals surface area (Å²) in [6.07, 6.45) is 19.3. The van der Waals surface area contributed by atoms with E-state index >= 15 is 0 Å². The normalized spacial score (nSPS) is 24.0. The predicted octanol–water partition coefficient (Wildman–Crippen LogP) is 5.55. The van der Waals surface area contributed by atoms with Crippen molar-refractivity contribution in [2.24, 2.45) is 30.8 Å². The van der Waals surface area contributed by atoms with Gasteiger partial charge < -0.3 is 0 Å². The van der Waals surface area contributed by atoms with Gasteiger partial charge in [-0.3, -0.25) is 0 Å². The summed E-state index contributed by atoms with van der Waals surface area (Å²) in [6.45, 7) is 7.16. The molecule has 0 N–H and O–H groups in total. The molecular weight excluding hydrogens is 432 g/mol. The number of rotatable bonds is 17. The molecule has 0 aliphatic heterocycles. The highest BCUT2D eigenvalue weighted by Gasteiger charge is 2.49. The molecule has 188 valence electrons. The van der Waals surface area contributed by atoms with Crippen LogP contribution in [0.3, 0.4) is 0 Å². The van der Waals surface area contributed by atoms with Gasteiger partial charge in [-0.1, -0.05) is 72.1 Å². The standard InChI is InChI=1S/C26H40N4O4/c1-24(2)15-25(3,18-28-20-32)17-26(16-24,30-22-34)13-11-9-7-5-4-6-8-10-12-23(29-21-33)14-27-19-31/h23H,4-18H2,1-3H3. The molecule has 1 fully saturated rings. The van der Waals surface area contributed by atoms with E-state index in [-0.39, 0.29) is 23.4 Å². The fourth-order valence-corrected chi connectivity index (χ4v) is 6.08. The zero-order valence-electron chi connectivity index (χ0n) is 21.1. The van der Waals surface area contributed by atoms with Gasteiger partial charge in [0.05, 0.1) is 24.7 Å². The summed E-state index contributed by atoms with van der Waals surface area (Å²) in [5.41, 5.74) is -0.582. The molecule has 1 saturated carbocycles. The molecule has 0 bridgehead atoms. The first kappa shape index (κ1) is 29.6. The van der Waals surface area contributed by atoms with Crippen LogP contribution in [0.15, 0.2) is 20.0 Å². The quantitative estimate of drug-likeness (QED) is 0.156. The Labute approximate surface area is 203 Å². The molecule has 0 saturated heterocycles. The number of unbranched alkanes of at least 4 members (excludes halogenated alkanes) is 7. The Morgan fingerprint density at radius 3 is 1.91 bits per heavy atom. The molecule has 1 aliphatic carbocycles. The van der Waals surface area contributed by atoms with E-state index in [4.69, 9.17) is 0 Å². The summed E-state index contributed by atoms with van der Waals surface area (Å²) < 4.78 is 0. The van der Waals surface area contributed by atoms with E-state index in [1.807, 2.05) is 6.08 Å². The summed E-state index contributed by atoms with van der Waals surface area (Å²) in [5.74, 6) is 0. The molecule has 0 spiro atoms. The Hall–Kier alpha value is -2.48. The lowest BCUT2D eigenvalue weighted by atomic mass is 9.57. The number of carbonyl (C=O) groups excluding carboxylic acids is 4. The molecule has 1 aliphatic rings. The predicted molar refractivity (Wildman–Crippen MR) is 131 cm³/mol. The van der Waals surface area contributed by atoms with Gasteiger partial charge in [0.25, 0.3) is 0 Å². The van der Waals surface area contributed by atoms with Gasteiger partial charge in [-0.2, -0.15) is 4.99 Å². The van der Waals surface area contributed by atoms with E-state index in [1.165, 1.54) is 6.08 Å². The van der Waals surface area contributed by atoms with Gasteiger partial charge in [-0.15, -0.1) is 0 Å². The Kier molecular flexibility index (Phi) is 13.4. The minimum atomic E-state index is -0.426. The van der Waals surface area contributed by atoms with Crippen molar-refractivity contribution in [3.05, 3.63) is 0 Å². The summed E-state index contributed by atoms with van der Waals surface area (Å²) in [6, 6.07) is -0.267. The monoisotopic (exact) mass is 472 g/mol. The molecule has 0 aromatic heterocycles. The minimum Gasteiger partial charge on any atom is -0.211 e. The SMILES string of the molecule is CC1(C)CC(C)(CN=C=O)CC(CCCCCCCCCCC(CN=C=O)N=C=O)(N=C=O)C1. The van der Waals surface area contributed by atoms with Gasteiger partial charge in [0.1, 0.15) is 0 Å². The molecule has 8 nitrogen and oxygen atoms in total. The van der Waals surface area contributed by atoms with Crippen LogP contribution in [-0.2, 0) is 19.2 Å². The van der Waals surface area contributed by atoms with Crippen LogP contribution in [0.5, 0.6) is 0 Å². The summed E-state index contributed by atoms with van der Waals surface area (Å²) in [4.78, 5) is 57.9. The van der Waals surface area contributed by atoms with Gasteiger partial charge in [0.15, 0.2) is 0 Å². The number of isocyanates is 4. The van der Waals surface area contributed by atoms with Crippen LogP contribution in [-0.4, -0.2) is 49.0 Å². The number of hydrogen-bond donors (Lipinski definition) is 0. The van der Waals surface area contributed by atoms with E-state index in [9.17, 15) is 19.2 Å². The maximum absolute atomic E-state index is 11.3. The molecule has 0 heterocycles. The number of nitrogens with zero attached hydrogens (tertiary/aromatic N) is 4. The van der Waals surface area contributed by atoms with Crippen molar-refractivity contribution in [1.29, 1.82) is 0 Å². The molecule has 0 aromatic rings. The highest BCUT2D eigenvalue weighted by atomic mass is 16.1. The van der Waals surface area contributed by atoms with Gasteiger partial charge in [0.2, 0.25) is 24.3 Å². The first-order valence-corrected chi connectivity index (χ1v) is 12.5.